The van der Waals surface area contributed by atoms with Crippen molar-refractivity contribution in [3.05, 3.63) is 341 Å². The average molecular weight is 2440 g/mol. The van der Waals surface area contributed by atoms with Crippen LogP contribution in [0.5, 0.6) is 17.2 Å². The molecule has 0 fully saturated rings. The zero-order valence-electron chi connectivity index (χ0n) is 87.5. The number of rotatable bonds is 18. The molecule has 143 heavy (non-hydrogen) atoms. The predicted octanol–water partition coefficient (Wildman–Crippen LogP) is 35.4. The number of nitrogens with zero attached hydrogens (tertiary/aromatic N) is 6. The Hall–Kier alpha value is -12.0. The van der Waals surface area contributed by atoms with Gasteiger partial charge in [-0.25, -0.2) is 15.0 Å². The van der Waals surface area contributed by atoms with Crippen molar-refractivity contribution in [3.8, 4) is 152 Å². The first-order valence-electron chi connectivity index (χ1n) is 49.4. The second kappa shape index (κ2) is 43.5. The third-order valence-electron chi connectivity index (χ3n) is 26.6. The third kappa shape index (κ3) is 23.8. The number of aromatic nitrogens is 6. The number of hydrogen-bond donors (Lipinski definition) is 3. The fourth-order valence-corrected chi connectivity index (χ4v) is 18.1. The summed E-state index contributed by atoms with van der Waals surface area (Å²) in [5.41, 5.74) is 37.2. The van der Waals surface area contributed by atoms with E-state index in [1.807, 2.05) is 97.5 Å². The van der Waals surface area contributed by atoms with Crippen molar-refractivity contribution in [3.63, 3.8) is 0 Å². The van der Waals surface area contributed by atoms with E-state index < -0.39 is 0 Å². The summed E-state index contributed by atoms with van der Waals surface area (Å²) in [6, 6.07) is 93.8. The van der Waals surface area contributed by atoms with Crippen LogP contribution < -0.4 is 0 Å². The second-order valence-corrected chi connectivity index (χ2v) is 44.6. The molecule has 18 aromatic rings. The van der Waals surface area contributed by atoms with Gasteiger partial charge in [-0.05, 0) is 208 Å². The largest absolute Gasteiger partial charge is 0.507 e. The first-order valence-corrected chi connectivity index (χ1v) is 49.4. The van der Waals surface area contributed by atoms with E-state index in [9.17, 15) is 15.3 Å². The Morgan fingerprint density at radius 3 is 0.888 bits per heavy atom. The van der Waals surface area contributed by atoms with Gasteiger partial charge >= 0.3 is 0 Å². The summed E-state index contributed by atoms with van der Waals surface area (Å²) >= 11 is 0. The van der Waals surface area contributed by atoms with Crippen LogP contribution in [0.25, 0.3) is 168 Å². The van der Waals surface area contributed by atoms with Crippen LogP contribution in [0, 0.1) is 18.2 Å². The molecule has 0 atom stereocenters. The molecule has 0 bridgehead atoms. The van der Waals surface area contributed by atoms with Crippen LogP contribution in [0.15, 0.2) is 274 Å². The summed E-state index contributed by atoms with van der Waals surface area (Å²) in [4.78, 5) is 29.5. The van der Waals surface area contributed by atoms with Crippen LogP contribution >= 0.6 is 0 Å². The van der Waals surface area contributed by atoms with E-state index >= 15 is 0 Å². The minimum Gasteiger partial charge on any atom is -0.507 e. The van der Waals surface area contributed by atoms with Gasteiger partial charge < -0.3 is 28.6 Å². The smallest absolute Gasteiger partial charge is 0.230 e. The van der Waals surface area contributed by atoms with Gasteiger partial charge in [-0.3, -0.25) is 15.0 Å². The van der Waals surface area contributed by atoms with Crippen LogP contribution in [-0.4, -0.2) is 45.2 Å². The number of hydrogen-bond acceptors (Lipinski definition) is 12. The summed E-state index contributed by atoms with van der Waals surface area (Å²) < 4.78 is 18.7. The minimum atomic E-state index is -0.210. The summed E-state index contributed by atoms with van der Waals surface area (Å²) in [7, 11) is 0. The molecule has 0 radical (unpaired) electrons. The van der Waals surface area contributed by atoms with Crippen molar-refractivity contribution >= 4 is 33.3 Å². The van der Waals surface area contributed by atoms with Crippen molar-refractivity contribution in [2.75, 3.05) is 0 Å². The summed E-state index contributed by atoms with van der Waals surface area (Å²) in [6.45, 7) is 60.8. The number of benzene rings is 12. The van der Waals surface area contributed by atoms with Crippen LogP contribution in [0.3, 0.4) is 0 Å². The van der Waals surface area contributed by atoms with E-state index in [1.54, 1.807) is 42.5 Å². The van der Waals surface area contributed by atoms with Crippen molar-refractivity contribution < 1.29 is 91.8 Å². The quantitative estimate of drug-likeness (QED) is 0.0694. The summed E-state index contributed by atoms with van der Waals surface area (Å²) in [5, 5.41) is 31.6. The molecule has 12 aromatic carbocycles. The van der Waals surface area contributed by atoms with Crippen LogP contribution in [0.2, 0.25) is 0 Å². The molecule has 18 rings (SSSR count). The number of oxazole rings is 3. The Labute approximate surface area is 889 Å². The SMILES string of the molecule is CC(C)c1cc(-c2ccnc(-c3[c-]c(-c4cc(C(C)(C)C)cc5oc(-c6ccccc6O)nc45)c(C(C)(C)C)cc3C(C)(C)C)c2)cc(C(C)C)c1.CC(C)c1cc(-c2ccnc(-c3[c-]c(-c4cccc5oc(-c6ccccc6O)nc45)c(C(C)(C)C)cc3C(C)(C)C)c2)cc(C(C)C)c1.CC(C)c1cc(-c2ccnc(-c3[c-]c(-c4cccc5oc(-c6ccccc6O)nc45)ccc3)c2)cc(C(C)C)c1.[Pt].[Pt].[Pt]. The molecule has 15 heteroatoms. The van der Waals surface area contributed by atoms with Gasteiger partial charge in [-0.15, -0.1) is 87.5 Å². The van der Waals surface area contributed by atoms with E-state index in [2.05, 4.69) is 326 Å². The standard InChI is InChI=1S/C48H55N2O2.C44H47N2O2.C36H31N2O2.3Pt/c1-28(2)31-20-32(29(3)4)22-33(21-31)30-18-19-49-41(23-30)38-26-36(39(47(8,9)10)27-40(38)48(11,12)13)37-24-34(46(5,6)7)25-43-44(37)50-45(52-43)35-16-14-15-17-42(35)51;1-26(2)29-20-30(27(3)4)22-31(21-29)28-18-19-45-38(23-28)35-24-34(36(43(5,6)7)25-37(35)44(8,9)10)32-15-13-17-40-41(32)46-42(48-40)33-14-11-12-16-39(33)47;1-22(2)27-18-28(23(3)4)20-29(19-27)24-15-16-37-32(21-24)26-10-7-9-25(17-26)30-12-8-14-34-35(30)38-36(40-34)31-11-5-6-13-33(31)39;;;/h14-25,27-29,51H,1-13H3;11-23,25-27,47H,1-10H3;5-16,18-23,39H,1-4H3;;;/q3*-1;;;. The molecule has 0 spiro atoms. The average Bonchev–Trinajstić information content (AvgIpc) is 1.46. The molecule has 0 aliphatic carbocycles. The van der Waals surface area contributed by atoms with Crippen LogP contribution in [0.1, 0.15) is 284 Å². The third-order valence-corrected chi connectivity index (χ3v) is 26.6. The van der Waals surface area contributed by atoms with Crippen molar-refractivity contribution in [2.45, 2.75) is 250 Å². The van der Waals surface area contributed by atoms with Gasteiger partial charge in [0, 0.05) is 98.9 Å². The first-order chi connectivity index (χ1) is 66.2. The molecule has 3 N–H and O–H groups in total. The molecule has 0 aliphatic heterocycles. The maximum absolute atomic E-state index is 10.8. The van der Waals surface area contributed by atoms with E-state index in [-0.39, 0.29) is 108 Å². The number of aromatic hydroxyl groups is 3. The van der Waals surface area contributed by atoms with Gasteiger partial charge in [-0.1, -0.05) is 360 Å². The Balaban J connectivity index is 0.000000179. The maximum Gasteiger partial charge on any atom is 0.230 e. The van der Waals surface area contributed by atoms with Crippen molar-refractivity contribution in [2.24, 2.45) is 0 Å². The molecule has 0 aliphatic rings. The second-order valence-electron chi connectivity index (χ2n) is 44.6. The van der Waals surface area contributed by atoms with E-state index in [0.29, 0.717) is 86.6 Å². The monoisotopic (exact) mass is 2430 g/mol. The summed E-state index contributed by atoms with van der Waals surface area (Å²) in [6.07, 6.45) is 5.74. The molecule has 6 aromatic heterocycles. The van der Waals surface area contributed by atoms with E-state index in [1.165, 1.54) is 72.3 Å². The molecule has 744 valence electrons. The Bertz CT molecular complexity index is 7580. The minimum absolute atomic E-state index is 0. The number of para-hydroxylation sites is 5. The molecule has 6 heterocycles. The maximum atomic E-state index is 10.8. The molecular formula is C128H133N6O6Pt3-3. The number of phenols is 3. The van der Waals surface area contributed by atoms with Gasteiger partial charge in [-0.2, -0.15) is 0 Å². The molecule has 0 saturated heterocycles. The molecule has 12 nitrogen and oxygen atoms in total. The Morgan fingerprint density at radius 1 is 0.245 bits per heavy atom. The van der Waals surface area contributed by atoms with Gasteiger partial charge in [0.2, 0.25) is 17.7 Å². The zero-order valence-corrected chi connectivity index (χ0v) is 94.3. The zero-order chi connectivity index (χ0) is 100. The van der Waals surface area contributed by atoms with Crippen LogP contribution in [-0.2, 0) is 90.3 Å². The number of fused-ring (bicyclic) bond motifs is 3. The normalized spacial score (nSPS) is 12.0. The predicted molar refractivity (Wildman–Crippen MR) is 580 cm³/mol. The molecule has 0 unspecified atom stereocenters. The first kappa shape index (κ1) is 108. The number of pyridine rings is 3. The van der Waals surface area contributed by atoms with Gasteiger partial charge in [0.25, 0.3) is 0 Å². The molecular weight excluding hydrogens is 2300 g/mol. The Morgan fingerprint density at radius 2 is 0.538 bits per heavy atom. The molecule has 0 amide bonds. The number of phenolic OH excluding ortho intramolecular Hbond substituents is 3. The topological polar surface area (TPSA) is 177 Å². The summed E-state index contributed by atoms with van der Waals surface area (Å²) in [5.74, 6) is 4.19. The van der Waals surface area contributed by atoms with Gasteiger partial charge in [0.05, 0.1) is 33.2 Å². The van der Waals surface area contributed by atoms with Gasteiger partial charge in [0.15, 0.2) is 0 Å². The van der Waals surface area contributed by atoms with Crippen molar-refractivity contribution in [1.29, 1.82) is 0 Å². The van der Waals surface area contributed by atoms with E-state index in [0.717, 1.165) is 106 Å². The Kier molecular flexibility index (Phi) is 32.9. The van der Waals surface area contributed by atoms with Gasteiger partial charge in [0.1, 0.15) is 34.0 Å². The molecule has 0 saturated carbocycles. The van der Waals surface area contributed by atoms with Crippen LogP contribution in [0.4, 0.5) is 0 Å². The van der Waals surface area contributed by atoms with Crippen molar-refractivity contribution in [1.82, 2.24) is 29.9 Å². The fraction of sp³-hybridized carbons (Fsp3) is 0.297. The fourth-order valence-electron chi connectivity index (χ4n) is 18.1. The van der Waals surface area contributed by atoms with E-state index in [4.69, 9.17) is 43.2 Å².